The zero-order chi connectivity index (χ0) is 22.6. The molecule has 3 rings (SSSR count). The van der Waals surface area contributed by atoms with Gasteiger partial charge >= 0.3 is 6.18 Å². The molecule has 0 aliphatic rings. The predicted molar refractivity (Wildman–Crippen MR) is 110 cm³/mol. The summed E-state index contributed by atoms with van der Waals surface area (Å²) in [6.07, 6.45) is -4.70. The van der Waals surface area contributed by atoms with Crippen molar-refractivity contribution in [1.82, 2.24) is 20.4 Å². The van der Waals surface area contributed by atoms with Gasteiger partial charge in [-0.1, -0.05) is 30.3 Å². The van der Waals surface area contributed by atoms with E-state index in [1.807, 2.05) is 6.07 Å². The Bertz CT molecular complexity index is 1060. The van der Waals surface area contributed by atoms with Gasteiger partial charge in [0, 0.05) is 17.5 Å². The Morgan fingerprint density at radius 2 is 1.84 bits per heavy atom. The van der Waals surface area contributed by atoms with Crippen molar-refractivity contribution >= 4 is 23.2 Å². The van der Waals surface area contributed by atoms with Crippen molar-refractivity contribution in [3.63, 3.8) is 0 Å². The molecule has 7 nitrogen and oxygen atoms in total. The van der Waals surface area contributed by atoms with E-state index in [2.05, 4.69) is 15.7 Å². The topological polar surface area (TPSA) is 102 Å². The van der Waals surface area contributed by atoms with Crippen LogP contribution in [0.15, 0.2) is 48.5 Å². The molecular weight excluding hydrogens is 431 g/mol. The third-order valence-electron chi connectivity index (χ3n) is 4.23. The number of amides is 2. The normalized spacial score (nSPS) is 12.4. The molecular formula is C20H20F3N5O2S. The summed E-state index contributed by atoms with van der Waals surface area (Å²) in [5, 5.41) is 9.15. The zero-order valence-electron chi connectivity index (χ0n) is 16.4. The maximum Gasteiger partial charge on any atom is 0.435 e. The Hall–Kier alpha value is -3.18. The van der Waals surface area contributed by atoms with Crippen molar-refractivity contribution in [3.05, 3.63) is 70.4 Å². The summed E-state index contributed by atoms with van der Waals surface area (Å²) in [6, 6.07) is 12.2. The lowest BCUT2D eigenvalue weighted by molar-refractivity contribution is -0.141. The van der Waals surface area contributed by atoms with Gasteiger partial charge in [-0.25, -0.2) is 4.68 Å². The molecule has 2 aromatic heterocycles. The number of rotatable bonds is 7. The second kappa shape index (κ2) is 9.31. The average Bonchev–Trinajstić information content (AvgIpc) is 3.37. The summed E-state index contributed by atoms with van der Waals surface area (Å²) >= 11 is 1.11. The fourth-order valence-corrected chi connectivity index (χ4v) is 3.54. The van der Waals surface area contributed by atoms with Crippen molar-refractivity contribution in [3.8, 4) is 5.00 Å². The molecule has 31 heavy (non-hydrogen) atoms. The minimum atomic E-state index is -4.70. The molecule has 3 aromatic rings. The number of halogens is 3. The lowest BCUT2D eigenvalue weighted by Crippen LogP contribution is -2.37. The molecule has 11 heteroatoms. The van der Waals surface area contributed by atoms with E-state index in [0.717, 1.165) is 27.6 Å². The van der Waals surface area contributed by atoms with Crippen LogP contribution in [-0.4, -0.2) is 27.6 Å². The van der Waals surface area contributed by atoms with E-state index in [0.29, 0.717) is 9.88 Å². The van der Waals surface area contributed by atoms with Crippen LogP contribution in [0.1, 0.15) is 33.5 Å². The van der Waals surface area contributed by atoms with Crippen LogP contribution in [0.25, 0.3) is 5.00 Å². The maximum absolute atomic E-state index is 13.2. The van der Waals surface area contributed by atoms with Crippen LogP contribution in [0.4, 0.5) is 13.2 Å². The molecule has 1 atom stereocenters. The molecule has 0 bridgehead atoms. The molecule has 4 N–H and O–H groups in total. The van der Waals surface area contributed by atoms with E-state index in [4.69, 9.17) is 5.73 Å². The van der Waals surface area contributed by atoms with Crippen molar-refractivity contribution in [2.45, 2.75) is 32.2 Å². The van der Waals surface area contributed by atoms with E-state index in [-0.39, 0.29) is 24.7 Å². The van der Waals surface area contributed by atoms with Crippen LogP contribution >= 0.6 is 11.3 Å². The number of aromatic nitrogens is 2. The third kappa shape index (κ3) is 5.70. The molecule has 0 aliphatic carbocycles. The Morgan fingerprint density at radius 3 is 2.48 bits per heavy atom. The number of alkyl halides is 3. The Balaban J connectivity index is 1.83. The first-order valence-electron chi connectivity index (χ1n) is 9.27. The van der Waals surface area contributed by atoms with Crippen molar-refractivity contribution in [2.24, 2.45) is 5.73 Å². The molecule has 1 aromatic carbocycles. The minimum absolute atomic E-state index is 0.158. The second-order valence-corrected chi connectivity index (χ2v) is 7.89. The summed E-state index contributed by atoms with van der Waals surface area (Å²) in [5.41, 5.74) is 4.89. The third-order valence-corrected chi connectivity index (χ3v) is 5.30. The van der Waals surface area contributed by atoms with Gasteiger partial charge in [-0.05, 0) is 24.6 Å². The Kier molecular flexibility index (Phi) is 6.76. The van der Waals surface area contributed by atoms with Gasteiger partial charge in [0.1, 0.15) is 10.7 Å². The summed E-state index contributed by atoms with van der Waals surface area (Å²) < 4.78 is 40.7. The number of benzene rings is 1. The molecule has 0 saturated carbocycles. The average molecular weight is 451 g/mol. The quantitative estimate of drug-likeness (QED) is 0.514. The van der Waals surface area contributed by atoms with Crippen molar-refractivity contribution in [1.29, 1.82) is 0 Å². The second-order valence-electron chi connectivity index (χ2n) is 6.74. The monoisotopic (exact) mass is 451 g/mol. The predicted octanol–water partition coefficient (Wildman–Crippen LogP) is 2.85. The summed E-state index contributed by atoms with van der Waals surface area (Å²) in [4.78, 5) is 24.9. The van der Waals surface area contributed by atoms with E-state index in [1.54, 1.807) is 36.4 Å². The first-order chi connectivity index (χ1) is 14.6. The number of hydrogen-bond acceptors (Lipinski definition) is 5. The molecule has 0 radical (unpaired) electrons. The van der Waals surface area contributed by atoms with Crippen molar-refractivity contribution in [2.75, 3.05) is 0 Å². The van der Waals surface area contributed by atoms with Crippen LogP contribution < -0.4 is 16.4 Å². The van der Waals surface area contributed by atoms with E-state index < -0.39 is 23.8 Å². The fraction of sp³-hybridized carbons (Fsp3) is 0.250. The Labute approximate surface area is 180 Å². The lowest BCUT2D eigenvalue weighted by atomic mass is 10.2. The van der Waals surface area contributed by atoms with E-state index >= 15 is 0 Å². The summed E-state index contributed by atoms with van der Waals surface area (Å²) in [5.74, 6) is -1.04. The van der Waals surface area contributed by atoms with Crippen LogP contribution in [0.3, 0.4) is 0 Å². The first-order valence-corrected chi connectivity index (χ1v) is 10.1. The lowest BCUT2D eigenvalue weighted by Gasteiger charge is -2.07. The molecule has 0 fully saturated rings. The number of thiophene rings is 1. The van der Waals surface area contributed by atoms with Gasteiger partial charge in [0.05, 0.1) is 12.6 Å². The largest absolute Gasteiger partial charge is 0.435 e. The van der Waals surface area contributed by atoms with Crippen molar-refractivity contribution < 1.29 is 22.8 Å². The molecule has 0 spiro atoms. The van der Waals surface area contributed by atoms with Gasteiger partial charge in [0.2, 0.25) is 5.91 Å². The van der Waals surface area contributed by atoms with Gasteiger partial charge in [0.15, 0.2) is 5.69 Å². The highest BCUT2D eigenvalue weighted by Gasteiger charge is 2.36. The Morgan fingerprint density at radius 1 is 1.13 bits per heavy atom. The number of nitrogens with one attached hydrogen (secondary N) is 2. The SMILES string of the molecule is C[C@H](N)C(=O)NCc1ccc(-n2nc(C(F)(F)F)cc2C(=O)NCc2ccccc2)s1. The molecule has 0 saturated heterocycles. The van der Waals surface area contributed by atoms with Crippen LogP contribution in [0.2, 0.25) is 0 Å². The standard InChI is InChI=1S/C20H20F3N5O2S/c1-12(24)18(29)26-11-14-7-8-17(31-14)28-15(9-16(27-28)20(21,22)23)19(30)25-10-13-5-3-2-4-6-13/h2-9,12H,10-11,24H2,1H3,(H,25,30)(H,26,29)/t12-/m0/s1. The van der Waals surface area contributed by atoms with E-state index in [9.17, 15) is 22.8 Å². The van der Waals surface area contributed by atoms with Crippen LogP contribution in [0.5, 0.6) is 0 Å². The smallest absolute Gasteiger partial charge is 0.350 e. The molecule has 2 amide bonds. The maximum atomic E-state index is 13.2. The summed E-state index contributed by atoms with van der Waals surface area (Å²) in [6.45, 7) is 1.86. The molecule has 0 unspecified atom stereocenters. The molecule has 2 heterocycles. The highest BCUT2D eigenvalue weighted by Crippen LogP contribution is 2.31. The number of nitrogens with zero attached hydrogens (tertiary/aromatic N) is 2. The fourth-order valence-electron chi connectivity index (χ4n) is 2.63. The molecule has 164 valence electrons. The number of carbonyl (C=O) groups excluding carboxylic acids is 2. The van der Waals surface area contributed by atoms with Crippen LogP contribution in [0, 0.1) is 0 Å². The van der Waals surface area contributed by atoms with Crippen LogP contribution in [-0.2, 0) is 24.1 Å². The van der Waals surface area contributed by atoms with Gasteiger partial charge in [-0.15, -0.1) is 11.3 Å². The van der Waals surface area contributed by atoms with E-state index in [1.165, 1.54) is 6.92 Å². The van der Waals surface area contributed by atoms with Gasteiger partial charge in [-0.3, -0.25) is 9.59 Å². The highest BCUT2D eigenvalue weighted by molar-refractivity contribution is 7.14. The highest BCUT2D eigenvalue weighted by atomic mass is 32.1. The number of nitrogens with two attached hydrogens (primary N) is 1. The minimum Gasteiger partial charge on any atom is -0.350 e. The van der Waals surface area contributed by atoms with Gasteiger partial charge < -0.3 is 16.4 Å². The zero-order valence-corrected chi connectivity index (χ0v) is 17.3. The number of carbonyl (C=O) groups is 2. The first kappa shape index (κ1) is 22.5. The molecule has 0 aliphatic heterocycles. The summed E-state index contributed by atoms with van der Waals surface area (Å²) in [7, 11) is 0. The number of hydrogen-bond donors (Lipinski definition) is 3. The van der Waals surface area contributed by atoms with Gasteiger partial charge in [-0.2, -0.15) is 18.3 Å². The van der Waals surface area contributed by atoms with Gasteiger partial charge in [0.25, 0.3) is 5.91 Å².